The molecule has 0 unspecified atom stereocenters. The van der Waals surface area contributed by atoms with Crippen molar-refractivity contribution >= 4 is 17.4 Å². The molecular weight excluding hydrogens is 306 g/mol. The molecule has 0 bridgehead atoms. The van der Waals surface area contributed by atoms with Gasteiger partial charge in [0, 0.05) is 11.1 Å². The number of nitrogen functional groups attached to an aromatic ring is 1. The first-order valence-electron chi connectivity index (χ1n) is 7.93. The molecule has 2 aromatic rings. The van der Waals surface area contributed by atoms with Crippen molar-refractivity contribution in [2.24, 2.45) is 0 Å². The molecule has 0 fully saturated rings. The fourth-order valence-corrected chi connectivity index (χ4v) is 2.98. The summed E-state index contributed by atoms with van der Waals surface area (Å²) >= 11 is 0. The molecule has 4 N–H and O–H groups in total. The van der Waals surface area contributed by atoms with Gasteiger partial charge in [-0.2, -0.15) is 0 Å². The molecule has 0 aliphatic heterocycles. The lowest BCUT2D eigenvalue weighted by atomic mass is 9.86. The normalized spacial score (nSPS) is 10.6. The first-order valence-corrected chi connectivity index (χ1v) is 7.93. The van der Waals surface area contributed by atoms with E-state index in [9.17, 15) is 19.8 Å². The van der Waals surface area contributed by atoms with E-state index in [2.05, 4.69) is 0 Å². The Morgan fingerprint density at radius 3 is 2.17 bits per heavy atom. The fourth-order valence-electron chi connectivity index (χ4n) is 2.98. The molecule has 0 aromatic heterocycles. The number of carboxylic acid groups (broad SMARTS) is 1. The van der Waals surface area contributed by atoms with Gasteiger partial charge in [-0.15, -0.1) is 0 Å². The Balaban J connectivity index is 2.82. The second kappa shape index (κ2) is 7.17. The maximum atomic E-state index is 12.8. The number of ketones is 1. The van der Waals surface area contributed by atoms with Gasteiger partial charge in [0.05, 0.1) is 16.8 Å². The average Bonchev–Trinajstić information content (AvgIpc) is 2.58. The third-order valence-corrected chi connectivity index (χ3v) is 4.06. The molecule has 2 aromatic carbocycles. The van der Waals surface area contributed by atoms with Gasteiger partial charge in [-0.1, -0.05) is 50.6 Å². The molecule has 0 radical (unpaired) electrons. The van der Waals surface area contributed by atoms with Crippen LogP contribution in [0.5, 0.6) is 5.75 Å². The van der Waals surface area contributed by atoms with E-state index in [0.29, 0.717) is 29.5 Å². The average molecular weight is 327 g/mol. The number of anilines is 1. The van der Waals surface area contributed by atoms with Gasteiger partial charge in [-0.05, 0) is 18.4 Å². The number of carboxylic acids is 1. The van der Waals surface area contributed by atoms with Crippen molar-refractivity contribution in [2.75, 3.05) is 5.73 Å². The number of aromatic carboxylic acids is 1. The minimum Gasteiger partial charge on any atom is -0.505 e. The third kappa shape index (κ3) is 2.97. The summed E-state index contributed by atoms with van der Waals surface area (Å²) in [5.74, 6) is -1.90. The number of phenolic OH excluding ortho intramolecular Hbond substituents is 1. The second-order valence-electron chi connectivity index (χ2n) is 5.57. The van der Waals surface area contributed by atoms with E-state index in [-0.39, 0.29) is 22.6 Å². The highest BCUT2D eigenvalue weighted by Gasteiger charge is 2.29. The SMILES string of the molecule is CCCc1c(O)c(N)c(C(=O)c2ccccc2)c(C(=O)O)c1CC. The molecule has 0 aliphatic carbocycles. The lowest BCUT2D eigenvalue weighted by Gasteiger charge is -2.19. The van der Waals surface area contributed by atoms with Crippen LogP contribution in [-0.2, 0) is 12.8 Å². The summed E-state index contributed by atoms with van der Waals surface area (Å²) in [6.45, 7) is 3.73. The molecule has 0 saturated heterocycles. The summed E-state index contributed by atoms with van der Waals surface area (Å²) in [5.41, 5.74) is 6.88. The number of carbonyl (C=O) groups is 2. The van der Waals surface area contributed by atoms with Gasteiger partial charge >= 0.3 is 5.97 Å². The van der Waals surface area contributed by atoms with Crippen LogP contribution in [0.2, 0.25) is 0 Å². The summed E-state index contributed by atoms with van der Waals surface area (Å²) in [6.07, 6.45) is 1.62. The Bertz CT molecular complexity index is 782. The lowest BCUT2D eigenvalue weighted by Crippen LogP contribution is -2.17. The Morgan fingerprint density at radius 1 is 1.04 bits per heavy atom. The van der Waals surface area contributed by atoms with E-state index in [1.54, 1.807) is 37.3 Å². The van der Waals surface area contributed by atoms with Crippen molar-refractivity contribution in [1.82, 2.24) is 0 Å². The molecule has 0 saturated carbocycles. The van der Waals surface area contributed by atoms with Gasteiger partial charge in [-0.3, -0.25) is 4.79 Å². The quantitative estimate of drug-likeness (QED) is 0.429. The van der Waals surface area contributed by atoms with Crippen molar-refractivity contribution in [2.45, 2.75) is 33.1 Å². The monoisotopic (exact) mass is 327 g/mol. The number of aromatic hydroxyl groups is 1. The van der Waals surface area contributed by atoms with E-state index in [1.165, 1.54) is 0 Å². The van der Waals surface area contributed by atoms with Gasteiger partial charge in [-0.25, -0.2) is 4.79 Å². The summed E-state index contributed by atoms with van der Waals surface area (Å²) in [5, 5.41) is 20.1. The van der Waals surface area contributed by atoms with Crippen LogP contribution in [0, 0.1) is 0 Å². The van der Waals surface area contributed by atoms with Crippen LogP contribution in [0.3, 0.4) is 0 Å². The van der Waals surface area contributed by atoms with Gasteiger partial charge in [0.15, 0.2) is 5.78 Å². The second-order valence-corrected chi connectivity index (χ2v) is 5.57. The zero-order valence-electron chi connectivity index (χ0n) is 13.8. The summed E-state index contributed by atoms with van der Waals surface area (Å²) in [4.78, 5) is 24.7. The van der Waals surface area contributed by atoms with Crippen molar-refractivity contribution in [3.8, 4) is 5.75 Å². The number of carbonyl (C=O) groups excluding carboxylic acids is 1. The molecule has 0 atom stereocenters. The number of benzene rings is 2. The summed E-state index contributed by atoms with van der Waals surface area (Å²) in [7, 11) is 0. The number of phenols is 1. The molecule has 5 heteroatoms. The maximum Gasteiger partial charge on any atom is 0.336 e. The highest BCUT2D eigenvalue weighted by Crippen LogP contribution is 2.38. The van der Waals surface area contributed by atoms with Crippen molar-refractivity contribution in [3.63, 3.8) is 0 Å². The predicted octanol–water partition coefficient (Wildman–Crippen LogP) is 3.42. The Kier molecular flexibility index (Phi) is 5.24. The Hall–Kier alpha value is -2.82. The molecule has 24 heavy (non-hydrogen) atoms. The van der Waals surface area contributed by atoms with Crippen molar-refractivity contribution < 1.29 is 19.8 Å². The maximum absolute atomic E-state index is 12.8. The zero-order chi connectivity index (χ0) is 17.9. The highest BCUT2D eigenvalue weighted by molar-refractivity contribution is 6.18. The highest BCUT2D eigenvalue weighted by atomic mass is 16.4. The van der Waals surface area contributed by atoms with Crippen LogP contribution in [0.4, 0.5) is 5.69 Å². The van der Waals surface area contributed by atoms with E-state index >= 15 is 0 Å². The minimum absolute atomic E-state index is 0.106. The largest absolute Gasteiger partial charge is 0.505 e. The summed E-state index contributed by atoms with van der Waals surface area (Å²) in [6, 6.07) is 8.33. The molecule has 0 aliphatic rings. The van der Waals surface area contributed by atoms with Crippen LogP contribution < -0.4 is 5.73 Å². The van der Waals surface area contributed by atoms with E-state index < -0.39 is 11.8 Å². The van der Waals surface area contributed by atoms with E-state index in [0.717, 1.165) is 6.42 Å². The van der Waals surface area contributed by atoms with Gasteiger partial charge < -0.3 is 15.9 Å². The molecule has 2 rings (SSSR count). The van der Waals surface area contributed by atoms with Crippen molar-refractivity contribution in [1.29, 1.82) is 0 Å². The first-order chi connectivity index (χ1) is 11.4. The molecule has 126 valence electrons. The lowest BCUT2D eigenvalue weighted by molar-refractivity contribution is 0.0691. The first kappa shape index (κ1) is 17.5. The Labute approximate surface area is 140 Å². The van der Waals surface area contributed by atoms with Crippen molar-refractivity contribution in [3.05, 3.63) is 58.1 Å². The minimum atomic E-state index is -1.21. The number of hydrogen-bond donors (Lipinski definition) is 3. The fraction of sp³-hybridized carbons (Fsp3) is 0.263. The number of rotatable bonds is 6. The zero-order valence-corrected chi connectivity index (χ0v) is 13.8. The Morgan fingerprint density at radius 2 is 1.67 bits per heavy atom. The van der Waals surface area contributed by atoms with Gasteiger partial charge in [0.2, 0.25) is 0 Å². The van der Waals surface area contributed by atoms with E-state index in [1.807, 2.05) is 6.92 Å². The predicted molar refractivity (Wildman–Crippen MR) is 92.7 cm³/mol. The number of hydrogen-bond acceptors (Lipinski definition) is 4. The molecule has 0 spiro atoms. The standard InChI is InChI=1S/C19H21NO4/c1-3-8-13-12(4-2)14(19(23)24)15(16(20)18(13)22)17(21)11-9-6-5-7-10-11/h5-7,9-10,22H,3-4,8,20H2,1-2H3,(H,23,24). The van der Waals surface area contributed by atoms with Crippen LogP contribution in [0.15, 0.2) is 30.3 Å². The number of nitrogens with two attached hydrogens (primary N) is 1. The molecule has 0 heterocycles. The van der Waals surface area contributed by atoms with Gasteiger partial charge in [0.25, 0.3) is 0 Å². The summed E-state index contributed by atoms with van der Waals surface area (Å²) < 4.78 is 0. The van der Waals surface area contributed by atoms with E-state index in [4.69, 9.17) is 5.73 Å². The molecule has 5 nitrogen and oxygen atoms in total. The van der Waals surface area contributed by atoms with Gasteiger partial charge in [0.1, 0.15) is 5.75 Å². The molecule has 0 amide bonds. The topological polar surface area (TPSA) is 101 Å². The van der Waals surface area contributed by atoms with Crippen LogP contribution in [0.25, 0.3) is 0 Å². The smallest absolute Gasteiger partial charge is 0.336 e. The third-order valence-electron chi connectivity index (χ3n) is 4.06. The van der Waals surface area contributed by atoms with Crippen LogP contribution in [0.1, 0.15) is 57.7 Å². The molecular formula is C19H21NO4. The van der Waals surface area contributed by atoms with Crippen LogP contribution in [-0.4, -0.2) is 22.0 Å². The van der Waals surface area contributed by atoms with Crippen LogP contribution >= 0.6 is 0 Å².